The number of hydrogen-bond donors (Lipinski definition) is 7. The van der Waals surface area contributed by atoms with Crippen molar-refractivity contribution in [3.05, 3.63) is 53.6 Å². The van der Waals surface area contributed by atoms with Crippen molar-refractivity contribution in [3.63, 3.8) is 0 Å². The van der Waals surface area contributed by atoms with Gasteiger partial charge >= 0.3 is 0 Å². The van der Waals surface area contributed by atoms with Gasteiger partial charge < -0.3 is 43.4 Å². The lowest BCUT2D eigenvalue weighted by Crippen LogP contribution is -2.14. The average molecular weight is 428 g/mol. The maximum absolute atomic E-state index is 11.5. The minimum absolute atomic E-state index is 0.0146. The highest BCUT2D eigenvalue weighted by Gasteiger charge is 2.12. The number of carbonyl (C=O) groups excluding carboxylic acids is 2. The van der Waals surface area contributed by atoms with E-state index in [2.05, 4.69) is 10.6 Å². The van der Waals surface area contributed by atoms with Crippen LogP contribution in [-0.4, -0.2) is 43.2 Å². The van der Waals surface area contributed by atoms with Crippen LogP contribution in [0.1, 0.15) is 27.1 Å². The van der Waals surface area contributed by atoms with Crippen LogP contribution in [-0.2, 0) is 0 Å². The Morgan fingerprint density at radius 1 is 0.935 bits per heavy atom. The molecule has 0 saturated carbocycles. The van der Waals surface area contributed by atoms with Crippen molar-refractivity contribution in [3.8, 4) is 5.75 Å². The van der Waals surface area contributed by atoms with E-state index < -0.39 is 11.8 Å². The third-order valence-corrected chi connectivity index (χ3v) is 4.29. The van der Waals surface area contributed by atoms with Crippen LogP contribution in [0.15, 0.2) is 42.5 Å². The molecule has 0 aliphatic carbocycles. The lowest BCUT2D eigenvalue weighted by molar-refractivity contribution is 0.0991. The summed E-state index contributed by atoms with van der Waals surface area (Å²) in [5.74, 6) is -0.762. The second kappa shape index (κ2) is 11.3. The fourth-order valence-corrected chi connectivity index (χ4v) is 2.70. The van der Waals surface area contributed by atoms with E-state index in [-0.39, 0.29) is 18.8 Å². The highest BCUT2D eigenvalue weighted by molar-refractivity contribution is 5.96. The van der Waals surface area contributed by atoms with Crippen LogP contribution in [0.25, 0.3) is 0 Å². The fourth-order valence-electron chi connectivity index (χ4n) is 2.70. The number of aliphatic hydroxyl groups excluding tert-OH is 1. The van der Waals surface area contributed by atoms with Gasteiger partial charge in [-0.15, -0.1) is 0 Å². The predicted octanol–water partition coefficient (Wildman–Crippen LogP) is 0.890. The quantitative estimate of drug-likeness (QED) is 0.147. The van der Waals surface area contributed by atoms with E-state index in [1.807, 2.05) is 12.2 Å². The third kappa shape index (κ3) is 6.82. The summed E-state index contributed by atoms with van der Waals surface area (Å²) in [5.41, 5.74) is 25.1. The Hall–Kier alpha value is -3.92. The Morgan fingerprint density at radius 2 is 1.58 bits per heavy atom. The summed E-state index contributed by atoms with van der Waals surface area (Å²) in [6, 6.07) is 7.81. The topological polar surface area (TPSA) is 192 Å². The zero-order valence-electron chi connectivity index (χ0n) is 17.1. The van der Waals surface area contributed by atoms with Crippen molar-refractivity contribution < 1.29 is 19.4 Å². The van der Waals surface area contributed by atoms with Gasteiger partial charge in [0.1, 0.15) is 11.4 Å². The van der Waals surface area contributed by atoms with Gasteiger partial charge in [-0.3, -0.25) is 9.59 Å². The third-order valence-electron chi connectivity index (χ3n) is 4.29. The molecule has 10 heteroatoms. The summed E-state index contributed by atoms with van der Waals surface area (Å²) in [5, 5.41) is 15.2. The number of ether oxygens (including phenoxy) is 1. The number of nitrogen functional groups attached to an aromatic ring is 2. The van der Waals surface area contributed by atoms with Gasteiger partial charge in [-0.25, -0.2) is 0 Å². The molecule has 0 aromatic heterocycles. The lowest BCUT2D eigenvalue weighted by Gasteiger charge is -2.16. The fraction of sp³-hybridized carbons (Fsp3) is 0.238. The van der Waals surface area contributed by atoms with Gasteiger partial charge in [-0.1, -0.05) is 12.2 Å². The largest absolute Gasteiger partial charge is 0.491 e. The monoisotopic (exact) mass is 428 g/mol. The molecule has 0 aliphatic rings. The van der Waals surface area contributed by atoms with Crippen molar-refractivity contribution >= 4 is 34.6 Å². The predicted molar refractivity (Wildman–Crippen MR) is 122 cm³/mol. The molecular formula is C21H28N6O4. The van der Waals surface area contributed by atoms with Crippen molar-refractivity contribution in [1.29, 1.82) is 0 Å². The molecule has 2 aromatic rings. The van der Waals surface area contributed by atoms with Crippen LogP contribution < -0.4 is 38.3 Å². The molecule has 0 fully saturated rings. The molecule has 166 valence electrons. The number of amides is 2. The Bertz CT molecular complexity index is 961. The molecule has 2 rings (SSSR count). The molecule has 0 radical (unpaired) electrons. The zero-order chi connectivity index (χ0) is 22.8. The van der Waals surface area contributed by atoms with E-state index >= 15 is 0 Å². The van der Waals surface area contributed by atoms with Crippen molar-refractivity contribution in [2.75, 3.05) is 48.4 Å². The Kier molecular flexibility index (Phi) is 8.52. The number of anilines is 4. The van der Waals surface area contributed by atoms with Gasteiger partial charge in [-0.05, 0) is 30.3 Å². The number of nitrogens with one attached hydrogen (secondary N) is 2. The standard InChI is InChI=1S/C21H28N6O4/c22-15-10-13(20(24)29)4-5-17(15)26-6-1-2-7-27-19-16(23)11-14(21(25)30)12-18(19)31-9-3-8-28/h1-2,4-5,10-12,26-28H,3,6-9,22-23H2,(H2,24,29)(H2,25,30)/b2-1+. The molecule has 0 bridgehead atoms. The van der Waals surface area contributed by atoms with Gasteiger partial charge in [0.05, 0.1) is 23.7 Å². The summed E-state index contributed by atoms with van der Waals surface area (Å²) in [7, 11) is 0. The first-order valence-electron chi connectivity index (χ1n) is 9.62. The molecule has 2 aromatic carbocycles. The van der Waals surface area contributed by atoms with Gasteiger partial charge in [-0.2, -0.15) is 0 Å². The molecule has 0 heterocycles. The summed E-state index contributed by atoms with van der Waals surface area (Å²) >= 11 is 0. The lowest BCUT2D eigenvalue weighted by atomic mass is 10.1. The summed E-state index contributed by atoms with van der Waals surface area (Å²) < 4.78 is 5.63. The number of primary amides is 2. The molecule has 0 saturated heterocycles. The van der Waals surface area contributed by atoms with Crippen LogP contribution in [0.2, 0.25) is 0 Å². The zero-order valence-corrected chi connectivity index (χ0v) is 17.1. The maximum Gasteiger partial charge on any atom is 0.248 e. The molecule has 0 spiro atoms. The van der Waals surface area contributed by atoms with Crippen molar-refractivity contribution in [2.45, 2.75) is 6.42 Å². The van der Waals surface area contributed by atoms with Crippen LogP contribution >= 0.6 is 0 Å². The van der Waals surface area contributed by atoms with Gasteiger partial charge in [0, 0.05) is 37.2 Å². The minimum Gasteiger partial charge on any atom is -0.491 e. The number of aliphatic hydroxyl groups is 1. The molecule has 0 atom stereocenters. The Labute approximate surface area is 180 Å². The number of hydrogen-bond acceptors (Lipinski definition) is 8. The minimum atomic E-state index is -0.612. The molecule has 0 aliphatic heterocycles. The number of rotatable bonds is 12. The first kappa shape index (κ1) is 23.4. The van der Waals surface area contributed by atoms with Crippen molar-refractivity contribution in [2.24, 2.45) is 11.5 Å². The Balaban J connectivity index is 1.95. The summed E-state index contributed by atoms with van der Waals surface area (Å²) in [4.78, 5) is 22.6. The highest BCUT2D eigenvalue weighted by atomic mass is 16.5. The smallest absolute Gasteiger partial charge is 0.248 e. The molecule has 10 nitrogen and oxygen atoms in total. The van der Waals surface area contributed by atoms with Gasteiger partial charge in [0.25, 0.3) is 0 Å². The number of nitrogens with two attached hydrogens (primary N) is 4. The van der Waals surface area contributed by atoms with Gasteiger partial charge in [0.15, 0.2) is 0 Å². The van der Waals surface area contributed by atoms with E-state index in [1.54, 1.807) is 12.1 Å². The number of benzene rings is 2. The molecule has 11 N–H and O–H groups in total. The first-order valence-corrected chi connectivity index (χ1v) is 9.62. The second-order valence-corrected chi connectivity index (χ2v) is 6.63. The average Bonchev–Trinajstić information content (AvgIpc) is 2.72. The molecule has 0 unspecified atom stereocenters. The van der Waals surface area contributed by atoms with E-state index in [0.717, 1.165) is 0 Å². The van der Waals surface area contributed by atoms with Crippen LogP contribution in [0, 0.1) is 0 Å². The normalized spacial score (nSPS) is 10.7. The summed E-state index contributed by atoms with van der Waals surface area (Å²) in [6.45, 7) is 1.19. The molecular weight excluding hydrogens is 400 g/mol. The van der Waals surface area contributed by atoms with Gasteiger partial charge in [0.2, 0.25) is 11.8 Å². The summed E-state index contributed by atoms with van der Waals surface area (Å²) in [6.07, 6.45) is 4.20. The first-order chi connectivity index (χ1) is 14.8. The number of carbonyl (C=O) groups is 2. The molecule has 31 heavy (non-hydrogen) atoms. The van der Waals surface area contributed by atoms with E-state index in [0.29, 0.717) is 53.6 Å². The van der Waals surface area contributed by atoms with E-state index in [9.17, 15) is 9.59 Å². The van der Waals surface area contributed by atoms with Crippen LogP contribution in [0.3, 0.4) is 0 Å². The SMILES string of the molecule is NC(=O)c1ccc(NC/C=C/CNc2c(N)cc(C(N)=O)cc2OCCCO)c(N)c1. The van der Waals surface area contributed by atoms with E-state index in [4.69, 9.17) is 32.8 Å². The van der Waals surface area contributed by atoms with Crippen molar-refractivity contribution in [1.82, 2.24) is 0 Å². The Morgan fingerprint density at radius 3 is 2.19 bits per heavy atom. The van der Waals surface area contributed by atoms with Crippen LogP contribution in [0.4, 0.5) is 22.7 Å². The highest BCUT2D eigenvalue weighted by Crippen LogP contribution is 2.32. The second-order valence-electron chi connectivity index (χ2n) is 6.63. The van der Waals surface area contributed by atoms with Crippen LogP contribution in [0.5, 0.6) is 5.75 Å². The molecule has 2 amide bonds. The maximum atomic E-state index is 11.5. The van der Waals surface area contributed by atoms with E-state index in [1.165, 1.54) is 18.2 Å².